The Morgan fingerprint density at radius 1 is 0.629 bits per heavy atom. The van der Waals surface area contributed by atoms with Crippen LogP contribution in [0.15, 0.2) is 126 Å². The Labute approximate surface area is 227 Å². The Morgan fingerprint density at radius 2 is 1.00 bits per heavy atom. The van der Waals surface area contributed by atoms with E-state index in [1.807, 2.05) is 38.2 Å². The maximum atomic E-state index is 5.52. The van der Waals surface area contributed by atoms with Crippen molar-refractivity contribution < 1.29 is 21.7 Å². The smallest absolute Gasteiger partial charge is 0.0608 e. The Balaban J connectivity index is 0.000000552. The van der Waals surface area contributed by atoms with E-state index >= 15 is 0 Å². The van der Waals surface area contributed by atoms with Crippen molar-refractivity contribution in [3.63, 3.8) is 0 Å². The van der Waals surface area contributed by atoms with Crippen molar-refractivity contribution in [2.24, 2.45) is 4.74 Å². The zero-order valence-corrected chi connectivity index (χ0v) is 24.0. The van der Waals surface area contributed by atoms with E-state index < -0.39 is 7.05 Å². The van der Waals surface area contributed by atoms with Crippen LogP contribution in [0.4, 0.5) is 0 Å². The fourth-order valence-corrected chi connectivity index (χ4v) is 7.34. The SMILES string of the molecule is CC=CC=CC.Cc1ccc(P(=NC2=CC=CC2)(c2ccc(C)cc2)c2ccc(C)cc2)cc1.[Ti]. The largest absolute Gasteiger partial charge is 0.258 e. The van der Waals surface area contributed by atoms with Gasteiger partial charge in [-0.2, -0.15) is 0 Å². The minimum absolute atomic E-state index is 0. The number of rotatable bonds is 5. The molecule has 1 aliphatic carbocycles. The molecule has 0 bridgehead atoms. The van der Waals surface area contributed by atoms with E-state index in [1.54, 1.807) is 0 Å². The molecule has 0 aromatic heterocycles. The number of nitrogens with zero attached hydrogens (tertiary/aromatic N) is 1. The molecule has 0 radical (unpaired) electrons. The number of aryl methyl sites for hydroxylation is 3. The summed E-state index contributed by atoms with van der Waals surface area (Å²) < 4.78 is 5.52. The third-order valence-electron chi connectivity index (χ3n) is 5.75. The maximum Gasteiger partial charge on any atom is 0.0608 e. The summed E-state index contributed by atoms with van der Waals surface area (Å²) in [6.45, 7) is 10.4. The van der Waals surface area contributed by atoms with Gasteiger partial charge in [-0.05, 0) is 40.7 Å². The summed E-state index contributed by atoms with van der Waals surface area (Å²) in [5.41, 5.74) is 4.99. The van der Waals surface area contributed by atoms with Crippen molar-refractivity contribution in [1.29, 1.82) is 0 Å². The standard InChI is InChI=1S/C26H26NP.C6H10.Ti/c1-20-8-14-24(15-9-20)28(27-23-6-4-5-7-23,25-16-10-21(2)11-17-25)26-18-12-22(3)13-19-26;1-3-5-6-4-2;/h4-6,8-19H,7H2,1-3H3;3-6H,1-2H3;. The monoisotopic (exact) mass is 513 g/mol. The van der Waals surface area contributed by atoms with E-state index in [0.717, 1.165) is 12.1 Å². The first-order valence-electron chi connectivity index (χ1n) is 11.9. The zero-order chi connectivity index (χ0) is 24.4. The maximum absolute atomic E-state index is 5.52. The van der Waals surface area contributed by atoms with Gasteiger partial charge in [-0.3, -0.25) is 4.74 Å². The summed E-state index contributed by atoms with van der Waals surface area (Å²) in [5.74, 6) is 0. The molecule has 35 heavy (non-hydrogen) atoms. The average Bonchev–Trinajstić information content (AvgIpc) is 3.36. The van der Waals surface area contributed by atoms with Gasteiger partial charge in [0.1, 0.15) is 0 Å². The van der Waals surface area contributed by atoms with E-state index in [4.69, 9.17) is 4.74 Å². The van der Waals surface area contributed by atoms with Crippen LogP contribution in [0.5, 0.6) is 0 Å². The molecule has 1 aliphatic rings. The first kappa shape index (κ1) is 28.8. The topological polar surface area (TPSA) is 12.4 Å². The molecular weight excluding hydrogens is 477 g/mol. The van der Waals surface area contributed by atoms with Crippen molar-refractivity contribution in [1.82, 2.24) is 0 Å². The van der Waals surface area contributed by atoms with Gasteiger partial charge in [-0.1, -0.05) is 126 Å². The van der Waals surface area contributed by atoms with Gasteiger partial charge in [0.15, 0.2) is 0 Å². The van der Waals surface area contributed by atoms with Gasteiger partial charge in [0.2, 0.25) is 0 Å². The minimum atomic E-state index is -2.15. The number of benzene rings is 3. The normalized spacial score (nSPS) is 12.8. The predicted octanol–water partition coefficient (Wildman–Crippen LogP) is 8.07. The van der Waals surface area contributed by atoms with Crippen LogP contribution in [-0.2, 0) is 21.7 Å². The van der Waals surface area contributed by atoms with E-state index in [9.17, 15) is 0 Å². The molecule has 0 fully saturated rings. The fourth-order valence-electron chi connectivity index (χ4n) is 3.83. The average molecular weight is 513 g/mol. The molecule has 0 unspecified atom stereocenters. The van der Waals surface area contributed by atoms with Gasteiger partial charge in [0.25, 0.3) is 0 Å². The molecule has 1 nitrogen and oxygen atoms in total. The van der Waals surface area contributed by atoms with Gasteiger partial charge < -0.3 is 0 Å². The molecule has 0 saturated heterocycles. The van der Waals surface area contributed by atoms with Crippen molar-refractivity contribution in [2.75, 3.05) is 0 Å². The number of allylic oxidation sites excluding steroid dienone is 7. The molecular formula is C32H36NPTi. The second kappa shape index (κ2) is 14.2. The summed E-state index contributed by atoms with van der Waals surface area (Å²) in [6.07, 6.45) is 15.4. The molecule has 0 amide bonds. The molecule has 3 aromatic rings. The van der Waals surface area contributed by atoms with Crippen LogP contribution in [0.2, 0.25) is 0 Å². The van der Waals surface area contributed by atoms with Crippen LogP contribution in [0.25, 0.3) is 0 Å². The molecule has 4 rings (SSSR count). The van der Waals surface area contributed by atoms with Crippen molar-refractivity contribution in [3.8, 4) is 0 Å². The van der Waals surface area contributed by atoms with Gasteiger partial charge in [0, 0.05) is 49.7 Å². The summed E-state index contributed by atoms with van der Waals surface area (Å²) in [5, 5.41) is 3.91. The van der Waals surface area contributed by atoms with Gasteiger partial charge in [-0.15, -0.1) is 0 Å². The summed E-state index contributed by atoms with van der Waals surface area (Å²) in [7, 11) is -2.15. The van der Waals surface area contributed by atoms with Crippen molar-refractivity contribution in [2.45, 2.75) is 41.0 Å². The number of hydrogen-bond donors (Lipinski definition) is 0. The van der Waals surface area contributed by atoms with Crippen LogP contribution in [0.3, 0.4) is 0 Å². The third kappa shape index (κ3) is 7.52. The second-order valence-electron chi connectivity index (χ2n) is 8.58. The molecule has 178 valence electrons. The van der Waals surface area contributed by atoms with Crippen LogP contribution in [0, 0.1) is 20.8 Å². The first-order valence-corrected chi connectivity index (χ1v) is 13.7. The Kier molecular flexibility index (Phi) is 11.7. The van der Waals surface area contributed by atoms with E-state index in [-0.39, 0.29) is 21.7 Å². The van der Waals surface area contributed by atoms with Gasteiger partial charge >= 0.3 is 0 Å². The van der Waals surface area contributed by atoms with E-state index in [1.165, 1.54) is 32.6 Å². The Hall–Kier alpha value is -2.44. The van der Waals surface area contributed by atoms with Crippen LogP contribution in [0.1, 0.15) is 37.0 Å². The van der Waals surface area contributed by atoms with Crippen molar-refractivity contribution >= 4 is 23.0 Å². The molecule has 0 saturated carbocycles. The van der Waals surface area contributed by atoms with Gasteiger partial charge in [-0.25, -0.2) is 0 Å². The molecule has 3 aromatic carbocycles. The van der Waals surface area contributed by atoms with Gasteiger partial charge in [0.05, 0.1) is 7.05 Å². The predicted molar refractivity (Wildman–Crippen MR) is 153 cm³/mol. The van der Waals surface area contributed by atoms with Crippen LogP contribution < -0.4 is 15.9 Å². The third-order valence-corrected chi connectivity index (χ3v) is 9.44. The summed E-state index contributed by atoms with van der Waals surface area (Å²) in [4.78, 5) is 0. The van der Waals surface area contributed by atoms with Crippen LogP contribution in [-0.4, -0.2) is 0 Å². The Bertz CT molecular complexity index is 1110. The molecule has 0 N–H and O–H groups in total. The molecule has 3 heteroatoms. The second-order valence-corrected chi connectivity index (χ2v) is 11.6. The summed E-state index contributed by atoms with van der Waals surface area (Å²) >= 11 is 0. The van der Waals surface area contributed by atoms with E-state index in [2.05, 4.69) is 112 Å². The fraction of sp³-hybridized carbons (Fsp3) is 0.188. The molecule has 0 aliphatic heterocycles. The first-order chi connectivity index (χ1) is 16.5. The molecule has 0 heterocycles. The minimum Gasteiger partial charge on any atom is -0.258 e. The van der Waals surface area contributed by atoms with Crippen LogP contribution >= 0.6 is 7.05 Å². The quantitative estimate of drug-likeness (QED) is 0.186. The van der Waals surface area contributed by atoms with E-state index in [0.29, 0.717) is 0 Å². The molecule has 0 atom stereocenters. The zero-order valence-electron chi connectivity index (χ0n) is 21.6. The van der Waals surface area contributed by atoms with Crippen molar-refractivity contribution in [3.05, 3.63) is 138 Å². The summed E-state index contributed by atoms with van der Waals surface area (Å²) in [6, 6.07) is 26.9. The Morgan fingerprint density at radius 3 is 1.29 bits per heavy atom. The number of hydrogen-bond acceptors (Lipinski definition) is 1. The molecule has 0 spiro atoms.